The van der Waals surface area contributed by atoms with Crippen molar-refractivity contribution in [2.24, 2.45) is 5.73 Å². The summed E-state index contributed by atoms with van der Waals surface area (Å²) in [5.74, 6) is 0.300. The fourth-order valence-electron chi connectivity index (χ4n) is 3.53. The van der Waals surface area contributed by atoms with E-state index in [1.807, 2.05) is 4.90 Å². The molecule has 0 radical (unpaired) electrons. The summed E-state index contributed by atoms with van der Waals surface area (Å²) >= 11 is 0. The Hall–Kier alpha value is -0.610. The minimum Gasteiger partial charge on any atom is -0.342 e. The van der Waals surface area contributed by atoms with Crippen molar-refractivity contribution in [1.82, 2.24) is 9.80 Å². The van der Waals surface area contributed by atoms with E-state index in [0.29, 0.717) is 19.0 Å². The Labute approximate surface area is 110 Å². The second-order valence-corrected chi connectivity index (χ2v) is 5.74. The number of carbonyl (C=O) groups is 1. The standard InChI is InChI=1S/C14H27N3O/c1-2-17(14(12-15)7-3-4-8-14)11-13(18)16-9-5-6-10-16/h2-12,15H2,1H3. The average Bonchev–Trinajstić information content (AvgIpc) is 3.06. The van der Waals surface area contributed by atoms with Crippen LogP contribution in [0.4, 0.5) is 0 Å². The summed E-state index contributed by atoms with van der Waals surface area (Å²) in [6.07, 6.45) is 7.16. The molecule has 2 N–H and O–H groups in total. The number of hydrogen-bond donors (Lipinski definition) is 1. The van der Waals surface area contributed by atoms with Gasteiger partial charge in [-0.15, -0.1) is 0 Å². The molecular weight excluding hydrogens is 226 g/mol. The van der Waals surface area contributed by atoms with Crippen LogP contribution < -0.4 is 5.73 Å². The third-order valence-corrected chi connectivity index (χ3v) is 4.75. The summed E-state index contributed by atoms with van der Waals surface area (Å²) in [5.41, 5.74) is 6.11. The highest BCUT2D eigenvalue weighted by molar-refractivity contribution is 5.78. The lowest BCUT2D eigenvalue weighted by Gasteiger charge is -2.40. The molecule has 0 unspecified atom stereocenters. The summed E-state index contributed by atoms with van der Waals surface area (Å²) < 4.78 is 0. The van der Waals surface area contributed by atoms with Crippen LogP contribution in [0.2, 0.25) is 0 Å². The van der Waals surface area contributed by atoms with Gasteiger partial charge in [0.1, 0.15) is 0 Å². The van der Waals surface area contributed by atoms with Crippen LogP contribution in [-0.2, 0) is 4.79 Å². The van der Waals surface area contributed by atoms with Crippen LogP contribution in [0.25, 0.3) is 0 Å². The van der Waals surface area contributed by atoms with Crippen LogP contribution in [0.3, 0.4) is 0 Å². The maximum absolute atomic E-state index is 12.3. The lowest BCUT2D eigenvalue weighted by atomic mass is 9.95. The molecule has 0 aromatic heterocycles. The number of carbonyl (C=O) groups excluding carboxylic acids is 1. The first-order valence-electron chi connectivity index (χ1n) is 7.45. The van der Waals surface area contributed by atoms with E-state index in [1.165, 1.54) is 25.7 Å². The number of nitrogens with two attached hydrogens (primary N) is 1. The third kappa shape index (κ3) is 2.69. The number of hydrogen-bond acceptors (Lipinski definition) is 3. The van der Waals surface area contributed by atoms with Gasteiger partial charge in [-0.05, 0) is 32.2 Å². The second-order valence-electron chi connectivity index (χ2n) is 5.74. The Balaban J connectivity index is 1.97. The molecule has 0 aromatic rings. The van der Waals surface area contributed by atoms with Crippen molar-refractivity contribution in [3.63, 3.8) is 0 Å². The molecule has 4 heteroatoms. The molecule has 0 spiro atoms. The molecule has 1 saturated heterocycles. The van der Waals surface area contributed by atoms with Crippen LogP contribution >= 0.6 is 0 Å². The van der Waals surface area contributed by atoms with Crippen molar-refractivity contribution >= 4 is 5.91 Å². The number of likely N-dealkylation sites (tertiary alicyclic amines) is 1. The van der Waals surface area contributed by atoms with Gasteiger partial charge in [-0.3, -0.25) is 9.69 Å². The monoisotopic (exact) mass is 253 g/mol. The fourth-order valence-corrected chi connectivity index (χ4v) is 3.53. The van der Waals surface area contributed by atoms with Crippen LogP contribution in [0, 0.1) is 0 Å². The minimum atomic E-state index is 0.101. The highest BCUT2D eigenvalue weighted by Crippen LogP contribution is 2.34. The molecule has 1 saturated carbocycles. The van der Waals surface area contributed by atoms with E-state index >= 15 is 0 Å². The first-order valence-corrected chi connectivity index (χ1v) is 7.45. The first kappa shape index (κ1) is 13.8. The third-order valence-electron chi connectivity index (χ3n) is 4.75. The van der Waals surface area contributed by atoms with E-state index in [1.54, 1.807) is 0 Å². The van der Waals surface area contributed by atoms with Gasteiger partial charge in [-0.1, -0.05) is 19.8 Å². The molecule has 2 rings (SSSR count). The quantitative estimate of drug-likeness (QED) is 0.801. The maximum atomic E-state index is 12.3. The topological polar surface area (TPSA) is 49.6 Å². The molecule has 2 fully saturated rings. The zero-order valence-corrected chi connectivity index (χ0v) is 11.7. The number of nitrogens with zero attached hydrogens (tertiary/aromatic N) is 2. The van der Waals surface area contributed by atoms with Gasteiger partial charge in [0.2, 0.25) is 5.91 Å². The molecule has 2 aliphatic rings. The number of rotatable bonds is 5. The lowest BCUT2D eigenvalue weighted by Crippen LogP contribution is -2.55. The molecule has 0 bridgehead atoms. The van der Waals surface area contributed by atoms with Gasteiger partial charge in [0.15, 0.2) is 0 Å². The van der Waals surface area contributed by atoms with Crippen LogP contribution in [0.15, 0.2) is 0 Å². The molecule has 0 atom stereocenters. The fraction of sp³-hybridized carbons (Fsp3) is 0.929. The van der Waals surface area contributed by atoms with Crippen LogP contribution in [-0.4, -0.2) is 54.0 Å². The van der Waals surface area contributed by atoms with E-state index in [-0.39, 0.29) is 5.54 Å². The van der Waals surface area contributed by atoms with Gasteiger partial charge in [-0.2, -0.15) is 0 Å². The molecule has 18 heavy (non-hydrogen) atoms. The Morgan fingerprint density at radius 1 is 1.22 bits per heavy atom. The summed E-state index contributed by atoms with van der Waals surface area (Å²) in [6, 6.07) is 0. The number of likely N-dealkylation sites (N-methyl/N-ethyl adjacent to an activating group) is 1. The first-order chi connectivity index (χ1) is 8.72. The molecule has 1 aliphatic heterocycles. The highest BCUT2D eigenvalue weighted by Gasteiger charge is 2.38. The molecule has 104 valence electrons. The van der Waals surface area contributed by atoms with Crippen molar-refractivity contribution in [2.45, 2.75) is 51.0 Å². The Morgan fingerprint density at radius 2 is 1.83 bits per heavy atom. The van der Waals surface area contributed by atoms with Gasteiger partial charge in [0.25, 0.3) is 0 Å². The predicted octanol–water partition coefficient (Wildman–Crippen LogP) is 1.20. The molecule has 1 heterocycles. The lowest BCUT2D eigenvalue weighted by molar-refractivity contribution is -0.133. The zero-order valence-electron chi connectivity index (χ0n) is 11.7. The van der Waals surface area contributed by atoms with Gasteiger partial charge in [-0.25, -0.2) is 0 Å². The number of amides is 1. The van der Waals surface area contributed by atoms with Crippen molar-refractivity contribution in [3.8, 4) is 0 Å². The van der Waals surface area contributed by atoms with Crippen molar-refractivity contribution in [1.29, 1.82) is 0 Å². The van der Waals surface area contributed by atoms with Gasteiger partial charge >= 0.3 is 0 Å². The average molecular weight is 253 g/mol. The van der Waals surface area contributed by atoms with Crippen LogP contribution in [0.1, 0.15) is 45.4 Å². The molecule has 4 nitrogen and oxygen atoms in total. The smallest absolute Gasteiger partial charge is 0.236 e. The van der Waals surface area contributed by atoms with E-state index < -0.39 is 0 Å². The zero-order chi connectivity index (χ0) is 13.0. The second kappa shape index (κ2) is 6.02. The highest BCUT2D eigenvalue weighted by atomic mass is 16.2. The van der Waals surface area contributed by atoms with Crippen molar-refractivity contribution in [3.05, 3.63) is 0 Å². The summed E-state index contributed by atoms with van der Waals surface area (Å²) in [6.45, 7) is 6.23. The predicted molar refractivity (Wildman–Crippen MR) is 73.3 cm³/mol. The van der Waals surface area contributed by atoms with Crippen molar-refractivity contribution in [2.75, 3.05) is 32.7 Å². The summed E-state index contributed by atoms with van der Waals surface area (Å²) in [7, 11) is 0. The summed E-state index contributed by atoms with van der Waals surface area (Å²) in [4.78, 5) is 16.6. The van der Waals surface area contributed by atoms with Gasteiger partial charge in [0, 0.05) is 25.2 Å². The van der Waals surface area contributed by atoms with Crippen molar-refractivity contribution < 1.29 is 4.79 Å². The Kier molecular flexibility index (Phi) is 4.62. The SMILES string of the molecule is CCN(CC(=O)N1CCCC1)C1(CN)CCCC1. The van der Waals surface area contributed by atoms with Crippen LogP contribution in [0.5, 0.6) is 0 Å². The normalized spacial score (nSPS) is 22.9. The van der Waals surface area contributed by atoms with E-state index in [2.05, 4.69) is 11.8 Å². The maximum Gasteiger partial charge on any atom is 0.236 e. The molecule has 1 amide bonds. The van der Waals surface area contributed by atoms with E-state index in [9.17, 15) is 4.79 Å². The van der Waals surface area contributed by atoms with Gasteiger partial charge in [0.05, 0.1) is 6.54 Å². The molecule has 0 aromatic carbocycles. The largest absolute Gasteiger partial charge is 0.342 e. The molecule has 1 aliphatic carbocycles. The minimum absolute atomic E-state index is 0.101. The van der Waals surface area contributed by atoms with Gasteiger partial charge < -0.3 is 10.6 Å². The summed E-state index contributed by atoms with van der Waals surface area (Å²) in [5, 5.41) is 0. The molecular formula is C14H27N3O. The Bertz CT molecular complexity index is 281. The van der Waals surface area contributed by atoms with E-state index in [0.717, 1.165) is 32.5 Å². The van der Waals surface area contributed by atoms with E-state index in [4.69, 9.17) is 5.73 Å². The Morgan fingerprint density at radius 3 is 2.33 bits per heavy atom.